The van der Waals surface area contributed by atoms with E-state index >= 15 is 0 Å². The minimum Gasteiger partial charge on any atom is -0.458 e. The standard InChI is InChI=1S/C29H47N3O9S/c1-20(42(35,36)37)18-39-9-8-38-10-11-40-29-15-21-12-22(16-29)14-28(13-21,19-29)31-24(26(34)41-27(2,3)4)25(33)32-7-5-6-23(32)17-30/h20-24,31H,5-16,18-19H2,1-4H3,(H,35,36,37)/t20?,21?,22?,23-,24?,28?,29?/m0/s1. The number of nitrogens with zero attached hydrogens (tertiary/aromatic N) is 2. The van der Waals surface area contributed by atoms with Crippen LogP contribution in [0.15, 0.2) is 0 Å². The molecule has 0 radical (unpaired) electrons. The predicted molar refractivity (Wildman–Crippen MR) is 152 cm³/mol. The summed E-state index contributed by atoms with van der Waals surface area (Å²) in [5.41, 5.74) is -1.57. The Balaban J connectivity index is 1.36. The highest BCUT2D eigenvalue weighted by atomic mass is 32.2. The summed E-state index contributed by atoms with van der Waals surface area (Å²) < 4.78 is 54.2. The summed E-state index contributed by atoms with van der Waals surface area (Å²) >= 11 is 0. The van der Waals surface area contributed by atoms with Crippen molar-refractivity contribution in [3.8, 4) is 6.07 Å². The van der Waals surface area contributed by atoms with Gasteiger partial charge in [-0.2, -0.15) is 13.7 Å². The molecule has 0 aromatic rings. The van der Waals surface area contributed by atoms with Gasteiger partial charge in [-0.25, -0.2) is 4.79 Å². The zero-order valence-corrected chi connectivity index (χ0v) is 26.1. The second-order valence-corrected chi connectivity index (χ2v) is 15.5. The van der Waals surface area contributed by atoms with Gasteiger partial charge < -0.3 is 23.8 Å². The molecule has 42 heavy (non-hydrogen) atoms. The van der Waals surface area contributed by atoms with E-state index in [1.807, 2.05) is 0 Å². The maximum Gasteiger partial charge on any atom is 0.333 e. The summed E-state index contributed by atoms with van der Waals surface area (Å²) in [6.07, 6.45) is 6.70. The van der Waals surface area contributed by atoms with Crippen molar-refractivity contribution in [3.63, 3.8) is 0 Å². The topological polar surface area (TPSA) is 164 Å². The van der Waals surface area contributed by atoms with Gasteiger partial charge in [-0.3, -0.25) is 14.7 Å². The monoisotopic (exact) mass is 613 g/mol. The Morgan fingerprint density at radius 1 is 1.10 bits per heavy atom. The third-order valence-corrected chi connectivity index (χ3v) is 10.1. The van der Waals surface area contributed by atoms with Crippen LogP contribution in [0.3, 0.4) is 0 Å². The summed E-state index contributed by atoms with van der Waals surface area (Å²) in [4.78, 5) is 28.7. The van der Waals surface area contributed by atoms with E-state index in [1.54, 1.807) is 20.8 Å². The molecule has 4 aliphatic carbocycles. The third kappa shape index (κ3) is 8.21. The van der Waals surface area contributed by atoms with Gasteiger partial charge in [0.25, 0.3) is 16.0 Å². The first-order valence-electron chi connectivity index (χ1n) is 15.1. The van der Waals surface area contributed by atoms with E-state index in [0.717, 1.165) is 38.5 Å². The van der Waals surface area contributed by atoms with Crippen molar-refractivity contribution in [2.75, 3.05) is 39.6 Å². The molecule has 5 rings (SSSR count). The highest BCUT2D eigenvalue weighted by molar-refractivity contribution is 7.86. The first kappa shape index (κ1) is 33.1. The smallest absolute Gasteiger partial charge is 0.333 e. The zero-order chi connectivity index (χ0) is 30.8. The molecule has 0 aromatic carbocycles. The Hall–Kier alpha value is -1.82. The van der Waals surface area contributed by atoms with Crippen LogP contribution in [-0.2, 0) is 38.7 Å². The van der Waals surface area contributed by atoms with E-state index in [-0.39, 0.29) is 31.3 Å². The van der Waals surface area contributed by atoms with E-state index in [9.17, 15) is 23.3 Å². The van der Waals surface area contributed by atoms with Crippen molar-refractivity contribution in [3.05, 3.63) is 0 Å². The van der Waals surface area contributed by atoms with Crippen molar-refractivity contribution >= 4 is 22.0 Å². The molecule has 4 bridgehead atoms. The fraction of sp³-hybridized carbons (Fsp3) is 0.897. The van der Waals surface area contributed by atoms with Gasteiger partial charge in [-0.1, -0.05) is 0 Å². The van der Waals surface area contributed by atoms with Gasteiger partial charge in [0, 0.05) is 12.1 Å². The third-order valence-electron chi connectivity index (χ3n) is 8.90. The lowest BCUT2D eigenvalue weighted by Gasteiger charge is -2.62. The van der Waals surface area contributed by atoms with E-state index in [0.29, 0.717) is 44.4 Å². The minimum absolute atomic E-state index is 0.110. The number of amides is 1. The van der Waals surface area contributed by atoms with Gasteiger partial charge in [-0.15, -0.1) is 0 Å². The van der Waals surface area contributed by atoms with Crippen LogP contribution in [-0.4, -0.2) is 103 Å². The van der Waals surface area contributed by atoms with Gasteiger partial charge in [0.15, 0.2) is 6.04 Å². The minimum atomic E-state index is -4.12. The molecule has 12 nitrogen and oxygen atoms in total. The maximum atomic E-state index is 13.8. The average molecular weight is 614 g/mol. The lowest BCUT2D eigenvalue weighted by Crippen LogP contribution is -2.69. The zero-order valence-electron chi connectivity index (χ0n) is 25.3. The largest absolute Gasteiger partial charge is 0.458 e. The summed E-state index contributed by atoms with van der Waals surface area (Å²) in [6.45, 7) is 8.25. The molecule has 1 saturated heterocycles. The summed E-state index contributed by atoms with van der Waals surface area (Å²) in [6, 6.07) is 0.492. The summed E-state index contributed by atoms with van der Waals surface area (Å²) in [7, 11) is -4.12. The first-order chi connectivity index (χ1) is 19.6. The number of hydrogen-bond donors (Lipinski definition) is 2. The molecule has 1 amide bonds. The first-order valence-corrected chi connectivity index (χ1v) is 16.6. The van der Waals surface area contributed by atoms with E-state index < -0.39 is 44.6 Å². The number of rotatable bonds is 14. The van der Waals surface area contributed by atoms with Crippen LogP contribution in [0, 0.1) is 23.2 Å². The van der Waals surface area contributed by atoms with Crippen molar-refractivity contribution < 1.29 is 41.5 Å². The van der Waals surface area contributed by atoms with Crippen LogP contribution in [0.25, 0.3) is 0 Å². The summed E-state index contributed by atoms with van der Waals surface area (Å²) in [5, 5.41) is 12.1. The Bertz CT molecular complexity index is 1120. The van der Waals surface area contributed by atoms with Crippen molar-refractivity contribution in [2.24, 2.45) is 11.8 Å². The number of hydrogen-bond acceptors (Lipinski definition) is 10. The fourth-order valence-corrected chi connectivity index (χ4v) is 7.88. The van der Waals surface area contributed by atoms with Gasteiger partial charge in [-0.05, 0) is 90.9 Å². The quantitative estimate of drug-likeness (QED) is 0.128. The number of nitrogens with one attached hydrogen (secondary N) is 1. The second kappa shape index (κ2) is 13.0. The Labute approximate surface area is 249 Å². The second-order valence-electron chi connectivity index (χ2n) is 13.7. The molecule has 5 atom stereocenters. The van der Waals surface area contributed by atoms with Crippen molar-refractivity contribution in [1.82, 2.24) is 10.2 Å². The number of nitriles is 1. The number of ether oxygens (including phenoxy) is 4. The van der Waals surface area contributed by atoms with Gasteiger partial charge >= 0.3 is 5.97 Å². The molecular weight excluding hydrogens is 566 g/mol. The molecule has 13 heteroatoms. The number of esters is 1. The predicted octanol–water partition coefficient (Wildman–Crippen LogP) is 2.22. The van der Waals surface area contributed by atoms with Gasteiger partial charge in [0.05, 0.1) is 44.7 Å². The van der Waals surface area contributed by atoms with Crippen LogP contribution in [0.5, 0.6) is 0 Å². The molecule has 4 unspecified atom stereocenters. The van der Waals surface area contributed by atoms with E-state index in [2.05, 4.69) is 11.4 Å². The fourth-order valence-electron chi connectivity index (χ4n) is 7.61. The van der Waals surface area contributed by atoms with Crippen LogP contribution in [0.2, 0.25) is 0 Å². The lowest BCUT2D eigenvalue weighted by molar-refractivity contribution is -0.188. The van der Waals surface area contributed by atoms with Crippen molar-refractivity contribution in [1.29, 1.82) is 5.26 Å². The Morgan fingerprint density at radius 3 is 2.36 bits per heavy atom. The molecule has 2 N–H and O–H groups in total. The van der Waals surface area contributed by atoms with E-state index in [4.69, 9.17) is 23.5 Å². The lowest BCUT2D eigenvalue weighted by atomic mass is 9.51. The van der Waals surface area contributed by atoms with Crippen LogP contribution in [0.4, 0.5) is 0 Å². The molecule has 1 aliphatic heterocycles. The summed E-state index contributed by atoms with van der Waals surface area (Å²) in [5.74, 6) is -0.152. The van der Waals surface area contributed by atoms with E-state index in [1.165, 1.54) is 11.8 Å². The highest BCUT2D eigenvalue weighted by Gasteiger charge is 2.60. The van der Waals surface area contributed by atoms with Crippen LogP contribution in [0.1, 0.15) is 79.1 Å². The molecule has 0 aromatic heterocycles. The number of carbonyl (C=O) groups is 2. The molecule has 1 heterocycles. The molecule has 4 saturated carbocycles. The van der Waals surface area contributed by atoms with Gasteiger partial charge in [0.1, 0.15) is 16.9 Å². The Morgan fingerprint density at radius 2 is 1.74 bits per heavy atom. The van der Waals surface area contributed by atoms with Crippen LogP contribution >= 0.6 is 0 Å². The highest BCUT2D eigenvalue weighted by Crippen LogP contribution is 2.59. The molecule has 238 valence electrons. The Kier molecular flexibility index (Phi) is 10.3. The molecule has 0 spiro atoms. The van der Waals surface area contributed by atoms with Crippen molar-refractivity contribution in [2.45, 2.75) is 113 Å². The van der Waals surface area contributed by atoms with Crippen LogP contribution < -0.4 is 5.32 Å². The number of likely N-dealkylation sites (tertiary alicyclic amines) is 1. The maximum absolute atomic E-state index is 13.8. The van der Waals surface area contributed by atoms with Gasteiger partial charge in [0.2, 0.25) is 0 Å². The normalized spacial score (nSPS) is 32.0. The SMILES string of the molecule is CC(COCCOCCOC12CC3CC(CC(NC(C(=O)OC(C)(C)C)C(=O)N4CCC[C@H]4C#N)(C3)C1)C2)S(=O)(=O)O. The molecular formula is C29H47N3O9S. The molecule has 5 aliphatic rings. The molecule has 5 fully saturated rings. The average Bonchev–Trinajstić information content (AvgIpc) is 3.35. The number of carbonyl (C=O) groups excluding carboxylic acids is 2.